The minimum atomic E-state index is -1.03. The number of anilines is 1. The molecular weight excluding hydrogens is 348 g/mol. The van der Waals surface area contributed by atoms with Crippen molar-refractivity contribution in [2.24, 2.45) is 0 Å². The molecule has 0 amide bonds. The molecule has 0 saturated carbocycles. The Bertz CT molecular complexity index is 945. The topological polar surface area (TPSA) is 71.2 Å². The minimum absolute atomic E-state index is 0.0466. The minimum Gasteiger partial charge on any atom is -0.476 e. The summed E-state index contributed by atoms with van der Waals surface area (Å²) in [5.74, 6) is -1.03. The summed E-state index contributed by atoms with van der Waals surface area (Å²) < 4.78 is 2.72. The van der Waals surface area contributed by atoms with Crippen molar-refractivity contribution >= 4 is 44.3 Å². The van der Waals surface area contributed by atoms with Crippen molar-refractivity contribution in [3.63, 3.8) is 0 Å². The van der Waals surface area contributed by atoms with Crippen molar-refractivity contribution in [1.82, 2.24) is 14.8 Å². The zero-order chi connectivity index (χ0) is 16.8. The molecule has 124 valence electrons. The van der Waals surface area contributed by atoms with Crippen LogP contribution in [-0.4, -0.2) is 38.9 Å². The predicted molar refractivity (Wildman–Crippen MR) is 94.5 cm³/mol. The molecule has 0 aliphatic carbocycles. The van der Waals surface area contributed by atoms with Crippen molar-refractivity contribution < 1.29 is 9.90 Å². The van der Waals surface area contributed by atoms with Crippen LogP contribution in [-0.2, 0) is 6.54 Å². The molecule has 0 atom stereocenters. The Balaban J connectivity index is 1.75. The van der Waals surface area contributed by atoms with Gasteiger partial charge in [0.15, 0.2) is 10.8 Å². The van der Waals surface area contributed by atoms with Gasteiger partial charge in [0, 0.05) is 29.4 Å². The number of benzene rings is 1. The number of aryl methyl sites for hydroxylation is 1. The van der Waals surface area contributed by atoms with Crippen LogP contribution in [0, 0.1) is 6.92 Å². The van der Waals surface area contributed by atoms with Gasteiger partial charge in [-0.25, -0.2) is 9.78 Å². The van der Waals surface area contributed by atoms with Crippen molar-refractivity contribution in [1.29, 1.82) is 0 Å². The van der Waals surface area contributed by atoms with Gasteiger partial charge >= 0.3 is 5.97 Å². The summed E-state index contributed by atoms with van der Waals surface area (Å²) in [7, 11) is 0. The van der Waals surface area contributed by atoms with Crippen LogP contribution in [0.15, 0.2) is 18.2 Å². The monoisotopic (exact) mass is 362 g/mol. The molecule has 0 spiro atoms. The van der Waals surface area contributed by atoms with Crippen LogP contribution in [0.4, 0.5) is 5.13 Å². The Hall–Kier alpha value is -2.12. The molecule has 1 aromatic carbocycles. The molecule has 4 rings (SSSR count). The normalized spacial score (nSPS) is 14.2. The highest BCUT2D eigenvalue weighted by Crippen LogP contribution is 2.35. The third-order valence-corrected chi connectivity index (χ3v) is 5.46. The number of hydrogen-bond acceptors (Lipinski definition) is 5. The van der Waals surface area contributed by atoms with Gasteiger partial charge in [-0.05, 0) is 31.5 Å². The van der Waals surface area contributed by atoms with Crippen molar-refractivity contribution in [2.75, 3.05) is 18.0 Å². The third-order valence-electron chi connectivity index (χ3n) is 4.17. The molecule has 8 heteroatoms. The number of aromatic carboxylic acids is 1. The predicted octanol–water partition coefficient (Wildman–Crippen LogP) is 3.41. The Labute approximate surface area is 147 Å². The zero-order valence-electron chi connectivity index (χ0n) is 13.0. The van der Waals surface area contributed by atoms with Gasteiger partial charge < -0.3 is 10.0 Å². The summed E-state index contributed by atoms with van der Waals surface area (Å²) >= 11 is 7.90. The van der Waals surface area contributed by atoms with E-state index < -0.39 is 5.97 Å². The van der Waals surface area contributed by atoms with Crippen LogP contribution in [0.5, 0.6) is 0 Å². The number of rotatable bonds is 4. The number of carboxylic acids is 1. The molecule has 1 fully saturated rings. The van der Waals surface area contributed by atoms with Crippen LogP contribution in [0.3, 0.4) is 0 Å². The van der Waals surface area contributed by atoms with Gasteiger partial charge in [-0.15, -0.1) is 0 Å². The van der Waals surface area contributed by atoms with E-state index in [2.05, 4.69) is 10.00 Å². The van der Waals surface area contributed by atoms with Gasteiger partial charge in [-0.1, -0.05) is 22.9 Å². The largest absolute Gasteiger partial charge is 0.476 e. The lowest BCUT2D eigenvalue weighted by atomic mass is 10.2. The number of aromatic nitrogens is 3. The molecule has 1 aliphatic rings. The van der Waals surface area contributed by atoms with E-state index in [-0.39, 0.29) is 5.69 Å². The first-order valence-electron chi connectivity index (χ1n) is 7.63. The SMILES string of the molecule is Cc1cc(C(=O)O)nn1Cc1cc(Cl)cc2sc(N3CCC3)nc12. The fraction of sp³-hybridized carbons (Fsp3) is 0.312. The lowest BCUT2D eigenvalue weighted by Gasteiger charge is -2.30. The number of carboxylic acid groups (broad SMARTS) is 1. The highest BCUT2D eigenvalue weighted by atomic mass is 35.5. The number of fused-ring (bicyclic) bond motifs is 1. The first-order chi connectivity index (χ1) is 11.5. The second-order valence-electron chi connectivity index (χ2n) is 5.88. The molecular formula is C16H15ClN4O2S. The van der Waals surface area contributed by atoms with E-state index in [9.17, 15) is 4.79 Å². The standard InChI is InChI=1S/C16H15ClN4O2S/c1-9-5-12(15(22)23)19-21(9)8-10-6-11(17)7-13-14(10)18-16(24-13)20-3-2-4-20/h5-7H,2-4,8H2,1H3,(H,22,23). The zero-order valence-corrected chi connectivity index (χ0v) is 14.6. The fourth-order valence-electron chi connectivity index (χ4n) is 2.75. The fourth-order valence-corrected chi connectivity index (χ4v) is 4.16. The molecule has 0 bridgehead atoms. The summed E-state index contributed by atoms with van der Waals surface area (Å²) in [6.45, 7) is 4.37. The van der Waals surface area contributed by atoms with Gasteiger partial charge in [-0.2, -0.15) is 5.10 Å². The van der Waals surface area contributed by atoms with E-state index in [1.54, 1.807) is 22.1 Å². The van der Waals surface area contributed by atoms with E-state index in [1.165, 1.54) is 6.42 Å². The van der Waals surface area contributed by atoms with Gasteiger partial charge in [-0.3, -0.25) is 4.68 Å². The van der Waals surface area contributed by atoms with Crippen LogP contribution in [0.2, 0.25) is 5.02 Å². The maximum absolute atomic E-state index is 11.1. The number of carbonyl (C=O) groups is 1. The highest BCUT2D eigenvalue weighted by molar-refractivity contribution is 7.22. The summed E-state index contributed by atoms with van der Waals surface area (Å²) in [4.78, 5) is 18.1. The summed E-state index contributed by atoms with van der Waals surface area (Å²) in [6.07, 6.45) is 1.20. The molecule has 2 aromatic heterocycles. The first kappa shape index (κ1) is 15.4. The van der Waals surface area contributed by atoms with Gasteiger partial charge in [0.25, 0.3) is 0 Å². The molecule has 6 nitrogen and oxygen atoms in total. The molecule has 1 aliphatic heterocycles. The average molecular weight is 363 g/mol. The molecule has 0 unspecified atom stereocenters. The number of halogens is 1. The lowest BCUT2D eigenvalue weighted by molar-refractivity contribution is 0.0689. The van der Waals surface area contributed by atoms with E-state index in [0.29, 0.717) is 11.6 Å². The first-order valence-corrected chi connectivity index (χ1v) is 8.82. The molecule has 3 aromatic rings. The quantitative estimate of drug-likeness (QED) is 0.770. The number of hydrogen-bond donors (Lipinski definition) is 1. The van der Waals surface area contributed by atoms with Crippen LogP contribution >= 0.6 is 22.9 Å². The van der Waals surface area contributed by atoms with E-state index in [0.717, 1.165) is 39.7 Å². The van der Waals surface area contributed by atoms with Crippen LogP contribution in [0.1, 0.15) is 28.2 Å². The lowest BCUT2D eigenvalue weighted by Crippen LogP contribution is -2.36. The van der Waals surface area contributed by atoms with Crippen molar-refractivity contribution in [3.05, 3.63) is 40.2 Å². The maximum Gasteiger partial charge on any atom is 0.356 e. The van der Waals surface area contributed by atoms with Crippen LogP contribution < -0.4 is 4.90 Å². The Morgan fingerprint density at radius 3 is 2.79 bits per heavy atom. The van der Waals surface area contributed by atoms with Gasteiger partial charge in [0.2, 0.25) is 0 Å². The Morgan fingerprint density at radius 2 is 2.17 bits per heavy atom. The maximum atomic E-state index is 11.1. The Morgan fingerprint density at radius 1 is 1.38 bits per heavy atom. The van der Waals surface area contributed by atoms with Gasteiger partial charge in [0.05, 0.1) is 16.8 Å². The second-order valence-corrected chi connectivity index (χ2v) is 7.33. The molecule has 1 saturated heterocycles. The summed E-state index contributed by atoms with van der Waals surface area (Å²) in [5.41, 5.74) is 2.70. The van der Waals surface area contributed by atoms with Crippen molar-refractivity contribution in [2.45, 2.75) is 19.9 Å². The average Bonchev–Trinajstić information content (AvgIpc) is 3.01. The smallest absolute Gasteiger partial charge is 0.356 e. The molecule has 0 radical (unpaired) electrons. The Kier molecular flexibility index (Phi) is 3.69. The van der Waals surface area contributed by atoms with Gasteiger partial charge in [0.1, 0.15) is 0 Å². The molecule has 1 N–H and O–H groups in total. The summed E-state index contributed by atoms with van der Waals surface area (Å²) in [6, 6.07) is 5.38. The highest BCUT2D eigenvalue weighted by Gasteiger charge is 2.20. The second kappa shape index (κ2) is 5.75. The molecule has 24 heavy (non-hydrogen) atoms. The van der Waals surface area contributed by atoms with Crippen molar-refractivity contribution in [3.8, 4) is 0 Å². The number of nitrogens with zero attached hydrogens (tertiary/aromatic N) is 4. The van der Waals surface area contributed by atoms with E-state index >= 15 is 0 Å². The summed E-state index contributed by atoms with van der Waals surface area (Å²) in [5, 5.41) is 14.9. The third kappa shape index (κ3) is 2.63. The van der Waals surface area contributed by atoms with E-state index in [4.69, 9.17) is 21.7 Å². The number of thiazole rings is 1. The van der Waals surface area contributed by atoms with Crippen LogP contribution in [0.25, 0.3) is 10.2 Å². The molecule has 3 heterocycles. The van der Waals surface area contributed by atoms with E-state index in [1.807, 2.05) is 19.1 Å².